The first-order valence-corrected chi connectivity index (χ1v) is 7.88. The Balaban J connectivity index is 1.84. The van der Waals surface area contributed by atoms with Crippen molar-refractivity contribution >= 4 is 5.69 Å². The molecule has 0 bridgehead atoms. The fourth-order valence-electron chi connectivity index (χ4n) is 3.14. The molecule has 110 valence electrons. The minimum atomic E-state index is 0.417. The highest BCUT2D eigenvalue weighted by Crippen LogP contribution is 2.29. The van der Waals surface area contributed by atoms with Crippen molar-refractivity contribution in [2.24, 2.45) is 0 Å². The molecule has 2 aromatic carbocycles. The quantitative estimate of drug-likeness (QED) is 0.915. The number of piperazine rings is 1. The zero-order valence-electron chi connectivity index (χ0n) is 12.9. The van der Waals surface area contributed by atoms with Crippen LogP contribution >= 0.6 is 0 Å². The van der Waals surface area contributed by atoms with Gasteiger partial charge in [-0.15, -0.1) is 0 Å². The van der Waals surface area contributed by atoms with E-state index in [1.54, 1.807) is 0 Å². The van der Waals surface area contributed by atoms with Crippen LogP contribution in [0.15, 0.2) is 54.6 Å². The molecule has 1 heterocycles. The zero-order chi connectivity index (χ0) is 14.7. The van der Waals surface area contributed by atoms with E-state index in [1.807, 2.05) is 0 Å². The second-order valence-electron chi connectivity index (χ2n) is 6.08. The van der Waals surface area contributed by atoms with Crippen LogP contribution in [0.3, 0.4) is 0 Å². The number of para-hydroxylation sites is 1. The molecule has 21 heavy (non-hydrogen) atoms. The first-order chi connectivity index (χ1) is 10.3. The highest BCUT2D eigenvalue weighted by Gasteiger charge is 2.22. The molecule has 0 aromatic heterocycles. The Morgan fingerprint density at radius 2 is 1.71 bits per heavy atom. The third kappa shape index (κ3) is 3.11. The number of hydrogen-bond acceptors (Lipinski definition) is 2. The van der Waals surface area contributed by atoms with Crippen molar-refractivity contribution in [1.29, 1.82) is 0 Å². The molecule has 0 aliphatic carbocycles. The minimum absolute atomic E-state index is 0.417. The maximum atomic E-state index is 3.64. The standard InChI is InChI=1S/C19H24N2/c1-15(2)17-10-6-7-11-19(17)21-13-12-20-18(14-21)16-8-4-3-5-9-16/h3-11,15,18,20H,12-14H2,1-2H3. The summed E-state index contributed by atoms with van der Waals surface area (Å²) in [6.07, 6.45) is 0. The van der Waals surface area contributed by atoms with Crippen molar-refractivity contribution in [2.75, 3.05) is 24.5 Å². The van der Waals surface area contributed by atoms with Gasteiger partial charge in [-0.05, 0) is 23.1 Å². The Bertz CT molecular complexity index is 577. The molecule has 1 aliphatic heterocycles. The van der Waals surface area contributed by atoms with Crippen molar-refractivity contribution in [3.05, 3.63) is 65.7 Å². The Kier molecular flexibility index (Phi) is 4.26. The van der Waals surface area contributed by atoms with Gasteiger partial charge in [-0.2, -0.15) is 0 Å². The highest BCUT2D eigenvalue weighted by molar-refractivity contribution is 5.55. The predicted octanol–water partition coefficient (Wildman–Crippen LogP) is 3.96. The molecule has 2 aromatic rings. The third-order valence-electron chi connectivity index (χ3n) is 4.28. The van der Waals surface area contributed by atoms with Crippen LogP contribution in [-0.2, 0) is 0 Å². The van der Waals surface area contributed by atoms with Crippen LogP contribution in [0.5, 0.6) is 0 Å². The van der Waals surface area contributed by atoms with Gasteiger partial charge in [-0.25, -0.2) is 0 Å². The highest BCUT2D eigenvalue weighted by atomic mass is 15.2. The first-order valence-electron chi connectivity index (χ1n) is 7.88. The molecule has 0 spiro atoms. The van der Waals surface area contributed by atoms with Crippen LogP contribution in [0.25, 0.3) is 0 Å². The number of anilines is 1. The number of benzene rings is 2. The molecule has 3 rings (SSSR count). The number of rotatable bonds is 3. The van der Waals surface area contributed by atoms with Crippen LogP contribution in [0.4, 0.5) is 5.69 Å². The molecule has 2 nitrogen and oxygen atoms in total. The summed E-state index contributed by atoms with van der Waals surface area (Å²) in [6.45, 7) is 7.69. The van der Waals surface area contributed by atoms with E-state index in [0.717, 1.165) is 19.6 Å². The van der Waals surface area contributed by atoms with E-state index >= 15 is 0 Å². The van der Waals surface area contributed by atoms with Gasteiger partial charge in [-0.1, -0.05) is 62.4 Å². The van der Waals surface area contributed by atoms with Gasteiger partial charge in [0, 0.05) is 31.4 Å². The maximum absolute atomic E-state index is 3.64. The Morgan fingerprint density at radius 1 is 1.00 bits per heavy atom. The van der Waals surface area contributed by atoms with Gasteiger partial charge < -0.3 is 10.2 Å². The van der Waals surface area contributed by atoms with E-state index in [-0.39, 0.29) is 0 Å². The summed E-state index contributed by atoms with van der Waals surface area (Å²) < 4.78 is 0. The molecule has 1 atom stereocenters. The van der Waals surface area contributed by atoms with Crippen molar-refractivity contribution in [2.45, 2.75) is 25.8 Å². The van der Waals surface area contributed by atoms with Gasteiger partial charge in [-0.3, -0.25) is 0 Å². The lowest BCUT2D eigenvalue weighted by Crippen LogP contribution is -2.46. The Morgan fingerprint density at radius 3 is 2.48 bits per heavy atom. The fraction of sp³-hybridized carbons (Fsp3) is 0.368. The van der Waals surface area contributed by atoms with Gasteiger partial charge in [0.05, 0.1) is 0 Å². The van der Waals surface area contributed by atoms with Crippen LogP contribution in [0.2, 0.25) is 0 Å². The minimum Gasteiger partial charge on any atom is -0.368 e. The molecule has 1 aliphatic rings. The lowest BCUT2D eigenvalue weighted by Gasteiger charge is -2.37. The number of hydrogen-bond donors (Lipinski definition) is 1. The van der Waals surface area contributed by atoms with Crippen LogP contribution in [-0.4, -0.2) is 19.6 Å². The summed E-state index contributed by atoms with van der Waals surface area (Å²) in [6, 6.07) is 20.0. The first kappa shape index (κ1) is 14.2. The van der Waals surface area contributed by atoms with E-state index in [0.29, 0.717) is 12.0 Å². The summed E-state index contributed by atoms with van der Waals surface area (Å²) >= 11 is 0. The molecule has 1 N–H and O–H groups in total. The molecule has 0 amide bonds. The second kappa shape index (κ2) is 6.31. The van der Waals surface area contributed by atoms with Crippen LogP contribution in [0.1, 0.15) is 36.9 Å². The van der Waals surface area contributed by atoms with E-state index in [1.165, 1.54) is 16.8 Å². The Labute approximate surface area is 127 Å². The fourth-order valence-corrected chi connectivity index (χ4v) is 3.14. The lowest BCUT2D eigenvalue weighted by atomic mass is 9.98. The molecule has 0 radical (unpaired) electrons. The normalized spacial score (nSPS) is 19.0. The molecule has 1 fully saturated rings. The van der Waals surface area contributed by atoms with Crippen molar-refractivity contribution < 1.29 is 0 Å². The largest absolute Gasteiger partial charge is 0.368 e. The van der Waals surface area contributed by atoms with Crippen molar-refractivity contribution in [1.82, 2.24) is 5.32 Å². The van der Waals surface area contributed by atoms with E-state index in [4.69, 9.17) is 0 Å². The molecule has 0 saturated carbocycles. The number of nitrogens with zero attached hydrogens (tertiary/aromatic N) is 1. The van der Waals surface area contributed by atoms with Gasteiger partial charge in [0.25, 0.3) is 0 Å². The van der Waals surface area contributed by atoms with Gasteiger partial charge in [0.2, 0.25) is 0 Å². The van der Waals surface area contributed by atoms with E-state index in [9.17, 15) is 0 Å². The van der Waals surface area contributed by atoms with Gasteiger partial charge in [0.15, 0.2) is 0 Å². The monoisotopic (exact) mass is 280 g/mol. The van der Waals surface area contributed by atoms with Crippen molar-refractivity contribution in [3.63, 3.8) is 0 Å². The average Bonchev–Trinajstić information content (AvgIpc) is 2.56. The summed E-state index contributed by atoms with van der Waals surface area (Å²) in [5.74, 6) is 0.561. The second-order valence-corrected chi connectivity index (χ2v) is 6.08. The van der Waals surface area contributed by atoms with Crippen LogP contribution in [0, 0.1) is 0 Å². The summed E-state index contributed by atoms with van der Waals surface area (Å²) in [7, 11) is 0. The molecule has 2 heteroatoms. The smallest absolute Gasteiger partial charge is 0.0498 e. The van der Waals surface area contributed by atoms with E-state index in [2.05, 4.69) is 78.7 Å². The topological polar surface area (TPSA) is 15.3 Å². The van der Waals surface area contributed by atoms with Crippen LogP contribution < -0.4 is 10.2 Å². The lowest BCUT2D eigenvalue weighted by molar-refractivity contribution is 0.471. The molecule has 1 saturated heterocycles. The van der Waals surface area contributed by atoms with Crippen molar-refractivity contribution in [3.8, 4) is 0 Å². The molecular formula is C19H24N2. The molecule has 1 unspecified atom stereocenters. The summed E-state index contributed by atoms with van der Waals surface area (Å²) in [5, 5.41) is 3.64. The predicted molar refractivity (Wildman–Crippen MR) is 89.9 cm³/mol. The van der Waals surface area contributed by atoms with Gasteiger partial charge in [0.1, 0.15) is 0 Å². The maximum Gasteiger partial charge on any atom is 0.0498 e. The van der Waals surface area contributed by atoms with Gasteiger partial charge >= 0.3 is 0 Å². The zero-order valence-corrected chi connectivity index (χ0v) is 12.9. The number of nitrogens with one attached hydrogen (secondary N) is 1. The summed E-state index contributed by atoms with van der Waals surface area (Å²) in [4.78, 5) is 2.53. The average molecular weight is 280 g/mol. The Hall–Kier alpha value is -1.80. The third-order valence-corrected chi connectivity index (χ3v) is 4.28. The SMILES string of the molecule is CC(C)c1ccccc1N1CCNC(c2ccccc2)C1. The van der Waals surface area contributed by atoms with E-state index < -0.39 is 0 Å². The summed E-state index contributed by atoms with van der Waals surface area (Å²) in [5.41, 5.74) is 4.23. The molecular weight excluding hydrogens is 256 g/mol.